The number of esters is 1. The van der Waals surface area contributed by atoms with Gasteiger partial charge in [0.2, 0.25) is 0 Å². The van der Waals surface area contributed by atoms with E-state index in [0.29, 0.717) is 5.56 Å². The van der Waals surface area contributed by atoms with Gasteiger partial charge >= 0.3 is 5.97 Å². The first-order chi connectivity index (χ1) is 13.3. The zero-order valence-electron chi connectivity index (χ0n) is 17.6. The topological polar surface area (TPSA) is 58.6 Å². The molecule has 2 aromatic carbocycles. The molecule has 2 aromatic rings. The lowest BCUT2D eigenvalue weighted by atomic mass is 10.0. The summed E-state index contributed by atoms with van der Waals surface area (Å²) < 4.78 is 5.36. The average molecular weight is 383 g/mol. The maximum atomic E-state index is 12.5. The quantitative estimate of drug-likeness (QED) is 0.709. The number of rotatable bonds is 7. The number of benzene rings is 2. The van der Waals surface area contributed by atoms with Gasteiger partial charge in [0.15, 0.2) is 6.10 Å². The van der Waals surface area contributed by atoms with Gasteiger partial charge in [-0.2, -0.15) is 0 Å². The molecule has 0 radical (unpaired) electrons. The molecule has 1 amide bonds. The summed E-state index contributed by atoms with van der Waals surface area (Å²) in [7, 11) is 0. The predicted octanol–water partition coefficient (Wildman–Crippen LogP) is 4.64. The van der Waals surface area contributed by atoms with Crippen molar-refractivity contribution in [1.29, 1.82) is 0 Å². The highest BCUT2D eigenvalue weighted by Gasteiger charge is 2.20. The first-order valence-electron chi connectivity index (χ1n) is 9.71. The summed E-state index contributed by atoms with van der Waals surface area (Å²) in [6, 6.07) is 11.3. The van der Waals surface area contributed by atoms with Crippen LogP contribution < -0.4 is 10.2 Å². The number of aryl methyl sites for hydroxylation is 3. The molecule has 0 saturated carbocycles. The Kier molecular flexibility index (Phi) is 7.21. The van der Waals surface area contributed by atoms with Crippen molar-refractivity contribution in [2.45, 2.75) is 47.6 Å². The number of carbonyl (C=O) groups is 2. The first kappa shape index (κ1) is 21.5. The molecule has 0 aliphatic rings. The van der Waals surface area contributed by atoms with Gasteiger partial charge in [0.1, 0.15) is 0 Å². The van der Waals surface area contributed by atoms with Gasteiger partial charge in [0, 0.05) is 24.5 Å². The Morgan fingerprint density at radius 3 is 2.04 bits per heavy atom. The molecular weight excluding hydrogens is 352 g/mol. The van der Waals surface area contributed by atoms with Crippen LogP contribution in [0.5, 0.6) is 0 Å². The normalized spacial score (nSPS) is 11.6. The zero-order valence-corrected chi connectivity index (χ0v) is 17.6. The second-order valence-corrected chi connectivity index (χ2v) is 7.03. The molecule has 0 aliphatic heterocycles. The minimum Gasteiger partial charge on any atom is -0.449 e. The Morgan fingerprint density at radius 1 is 1.00 bits per heavy atom. The molecule has 1 atom stereocenters. The predicted molar refractivity (Wildman–Crippen MR) is 114 cm³/mol. The monoisotopic (exact) mass is 382 g/mol. The van der Waals surface area contributed by atoms with E-state index >= 15 is 0 Å². The van der Waals surface area contributed by atoms with Crippen LogP contribution in [0.2, 0.25) is 0 Å². The lowest BCUT2D eigenvalue weighted by molar-refractivity contribution is -0.123. The standard InChI is InChI=1S/C23H30N2O3/c1-7-25(8-2)20-11-9-19(10-12-20)23(27)28-18(6)22(26)24-21-16(4)13-15(3)14-17(21)5/h9-14,18H,7-8H2,1-6H3,(H,24,26). The summed E-state index contributed by atoms with van der Waals surface area (Å²) in [5.74, 6) is -0.853. The van der Waals surface area contributed by atoms with E-state index in [-0.39, 0.29) is 5.91 Å². The van der Waals surface area contributed by atoms with Gasteiger partial charge in [-0.25, -0.2) is 4.79 Å². The van der Waals surface area contributed by atoms with E-state index in [1.807, 2.05) is 45.0 Å². The van der Waals surface area contributed by atoms with Crippen molar-refractivity contribution in [1.82, 2.24) is 0 Å². The van der Waals surface area contributed by atoms with E-state index in [0.717, 1.165) is 41.2 Å². The highest BCUT2D eigenvalue weighted by Crippen LogP contribution is 2.22. The number of anilines is 2. The van der Waals surface area contributed by atoms with E-state index < -0.39 is 12.1 Å². The third-order valence-electron chi connectivity index (χ3n) is 4.81. The van der Waals surface area contributed by atoms with Gasteiger partial charge in [-0.15, -0.1) is 0 Å². The smallest absolute Gasteiger partial charge is 0.338 e. The SMILES string of the molecule is CCN(CC)c1ccc(C(=O)OC(C)C(=O)Nc2c(C)cc(C)cc2C)cc1. The highest BCUT2D eigenvalue weighted by atomic mass is 16.5. The van der Waals surface area contributed by atoms with Gasteiger partial charge in [-0.3, -0.25) is 4.79 Å². The molecule has 150 valence electrons. The maximum absolute atomic E-state index is 12.5. The first-order valence-corrected chi connectivity index (χ1v) is 9.71. The number of amides is 1. The average Bonchev–Trinajstić information content (AvgIpc) is 2.65. The molecule has 2 rings (SSSR count). The van der Waals surface area contributed by atoms with Gasteiger partial charge in [0.05, 0.1) is 5.56 Å². The van der Waals surface area contributed by atoms with Gasteiger partial charge < -0.3 is 15.0 Å². The third kappa shape index (κ3) is 5.12. The summed E-state index contributed by atoms with van der Waals surface area (Å²) >= 11 is 0. The Morgan fingerprint density at radius 2 is 1.54 bits per heavy atom. The molecule has 0 fully saturated rings. The number of nitrogens with one attached hydrogen (secondary N) is 1. The highest BCUT2D eigenvalue weighted by molar-refractivity contribution is 5.98. The number of hydrogen-bond donors (Lipinski definition) is 1. The van der Waals surface area contributed by atoms with Crippen LogP contribution in [0.15, 0.2) is 36.4 Å². The second-order valence-electron chi connectivity index (χ2n) is 7.03. The van der Waals surface area contributed by atoms with E-state index in [4.69, 9.17) is 4.74 Å². The fourth-order valence-electron chi connectivity index (χ4n) is 3.28. The molecule has 0 heterocycles. The van der Waals surface area contributed by atoms with Gasteiger partial charge in [-0.05, 0) is 76.9 Å². The van der Waals surface area contributed by atoms with Crippen molar-refractivity contribution in [2.75, 3.05) is 23.3 Å². The van der Waals surface area contributed by atoms with Crippen molar-refractivity contribution in [3.05, 3.63) is 58.7 Å². The van der Waals surface area contributed by atoms with Crippen molar-refractivity contribution < 1.29 is 14.3 Å². The summed E-state index contributed by atoms with van der Waals surface area (Å²) in [5, 5.41) is 2.88. The largest absolute Gasteiger partial charge is 0.449 e. The van der Waals surface area contributed by atoms with E-state index in [9.17, 15) is 9.59 Å². The number of carbonyl (C=O) groups excluding carboxylic acids is 2. The van der Waals surface area contributed by atoms with Crippen LogP contribution in [0.4, 0.5) is 11.4 Å². The number of hydrogen-bond acceptors (Lipinski definition) is 4. The molecule has 0 saturated heterocycles. The van der Waals surface area contributed by atoms with Crippen LogP contribution in [0.3, 0.4) is 0 Å². The van der Waals surface area contributed by atoms with Crippen molar-refractivity contribution in [3.63, 3.8) is 0 Å². The van der Waals surface area contributed by atoms with Gasteiger partial charge in [-0.1, -0.05) is 17.7 Å². The van der Waals surface area contributed by atoms with E-state index in [1.165, 1.54) is 0 Å². The van der Waals surface area contributed by atoms with Crippen molar-refractivity contribution in [3.8, 4) is 0 Å². The van der Waals surface area contributed by atoms with E-state index in [2.05, 4.69) is 24.1 Å². The summed E-state index contributed by atoms with van der Waals surface area (Å²) in [6.07, 6.45) is -0.893. The Labute approximate surface area is 167 Å². The third-order valence-corrected chi connectivity index (χ3v) is 4.81. The van der Waals surface area contributed by atoms with Crippen LogP contribution in [-0.4, -0.2) is 31.1 Å². The lowest BCUT2D eigenvalue weighted by Crippen LogP contribution is -2.30. The maximum Gasteiger partial charge on any atom is 0.338 e. The minimum atomic E-state index is -0.893. The molecule has 0 bridgehead atoms. The van der Waals surface area contributed by atoms with E-state index in [1.54, 1.807) is 19.1 Å². The molecule has 0 spiro atoms. The van der Waals surface area contributed by atoms with Crippen LogP contribution in [0, 0.1) is 20.8 Å². The van der Waals surface area contributed by atoms with Crippen LogP contribution in [-0.2, 0) is 9.53 Å². The van der Waals surface area contributed by atoms with Crippen LogP contribution >= 0.6 is 0 Å². The van der Waals surface area contributed by atoms with Crippen LogP contribution in [0.1, 0.15) is 47.8 Å². The number of ether oxygens (including phenoxy) is 1. The summed E-state index contributed by atoms with van der Waals surface area (Å²) in [4.78, 5) is 27.1. The summed E-state index contributed by atoms with van der Waals surface area (Å²) in [5.41, 5.74) is 5.35. The molecule has 5 heteroatoms. The molecule has 1 N–H and O–H groups in total. The lowest BCUT2D eigenvalue weighted by Gasteiger charge is -2.21. The van der Waals surface area contributed by atoms with Gasteiger partial charge in [0.25, 0.3) is 5.91 Å². The molecule has 0 aliphatic carbocycles. The Hall–Kier alpha value is -2.82. The second kappa shape index (κ2) is 9.40. The zero-order chi connectivity index (χ0) is 20.8. The summed E-state index contributed by atoms with van der Waals surface area (Å²) in [6.45, 7) is 13.5. The molecule has 1 unspecified atom stereocenters. The molecular formula is C23H30N2O3. The van der Waals surface area contributed by atoms with Crippen LogP contribution in [0.25, 0.3) is 0 Å². The Balaban J connectivity index is 2.03. The Bertz CT molecular complexity index is 816. The number of nitrogens with zero attached hydrogens (tertiary/aromatic N) is 1. The van der Waals surface area contributed by atoms with Crippen molar-refractivity contribution in [2.24, 2.45) is 0 Å². The fraction of sp³-hybridized carbons (Fsp3) is 0.391. The fourth-order valence-corrected chi connectivity index (χ4v) is 3.28. The molecule has 28 heavy (non-hydrogen) atoms. The van der Waals surface area contributed by atoms with Crippen molar-refractivity contribution >= 4 is 23.3 Å². The molecule has 5 nitrogen and oxygen atoms in total. The minimum absolute atomic E-state index is 0.344. The molecule has 0 aromatic heterocycles.